The molecule has 2 N–H and O–H groups in total. The molecular weight excluding hydrogens is 338 g/mol. The van der Waals surface area contributed by atoms with E-state index in [1.807, 2.05) is 29.2 Å². The van der Waals surface area contributed by atoms with Gasteiger partial charge in [0.2, 0.25) is 5.91 Å². The van der Waals surface area contributed by atoms with E-state index in [1.165, 1.54) is 12.8 Å². The van der Waals surface area contributed by atoms with E-state index in [9.17, 15) is 9.59 Å². The summed E-state index contributed by atoms with van der Waals surface area (Å²) in [6, 6.07) is 8.63. The van der Waals surface area contributed by atoms with Gasteiger partial charge < -0.3 is 15.5 Å². The summed E-state index contributed by atoms with van der Waals surface area (Å²) in [5.74, 6) is 1.21. The highest BCUT2D eigenvalue weighted by atomic mass is 16.2. The van der Waals surface area contributed by atoms with Crippen molar-refractivity contribution in [2.45, 2.75) is 64.0 Å². The molecule has 1 aromatic rings. The third-order valence-electron chi connectivity index (χ3n) is 6.55. The molecule has 5 nitrogen and oxygen atoms in total. The molecule has 3 heterocycles. The predicted molar refractivity (Wildman–Crippen MR) is 107 cm³/mol. The predicted octanol–water partition coefficient (Wildman–Crippen LogP) is 3.42. The Labute approximate surface area is 161 Å². The van der Waals surface area contributed by atoms with Crippen LogP contribution in [0.5, 0.6) is 0 Å². The van der Waals surface area contributed by atoms with Crippen molar-refractivity contribution >= 4 is 17.5 Å². The number of hydrogen-bond acceptors (Lipinski definition) is 3. The van der Waals surface area contributed by atoms with Crippen LogP contribution in [0.15, 0.2) is 24.3 Å². The van der Waals surface area contributed by atoms with E-state index in [1.54, 1.807) is 0 Å². The molecule has 3 aliphatic heterocycles. The van der Waals surface area contributed by atoms with E-state index in [0.29, 0.717) is 41.6 Å². The fraction of sp³-hybridized carbons (Fsp3) is 0.636. The molecule has 3 fully saturated rings. The van der Waals surface area contributed by atoms with Crippen LogP contribution in [-0.2, 0) is 4.79 Å². The van der Waals surface area contributed by atoms with Crippen molar-refractivity contribution in [2.24, 2.45) is 11.8 Å². The van der Waals surface area contributed by atoms with Crippen molar-refractivity contribution in [3.05, 3.63) is 29.8 Å². The maximum absolute atomic E-state index is 13.0. The van der Waals surface area contributed by atoms with Gasteiger partial charge in [0.1, 0.15) is 0 Å². The highest BCUT2D eigenvalue weighted by molar-refractivity contribution is 6.03. The van der Waals surface area contributed by atoms with Gasteiger partial charge in [-0.25, -0.2) is 0 Å². The number of nitrogens with zero attached hydrogens (tertiary/aromatic N) is 1. The first kappa shape index (κ1) is 18.5. The van der Waals surface area contributed by atoms with Gasteiger partial charge in [-0.05, 0) is 62.5 Å². The Balaban J connectivity index is 1.39. The standard InChI is InChI=1S/C22H31N3O2/c1-15-8-10-25(11-9-15)22(27)19-4-2-3-5-20(19)24-21(26)14-16-12-17-6-7-18(13-16)23-17/h2-5,15-18,23H,6-14H2,1H3,(H,24,26). The number of likely N-dealkylation sites (tertiary alicyclic amines) is 1. The lowest BCUT2D eigenvalue weighted by Gasteiger charge is -2.31. The van der Waals surface area contributed by atoms with E-state index in [4.69, 9.17) is 0 Å². The number of amides is 2. The molecular formula is C22H31N3O2. The third kappa shape index (κ3) is 4.34. The zero-order valence-corrected chi connectivity index (χ0v) is 16.2. The lowest BCUT2D eigenvalue weighted by atomic mass is 9.89. The van der Waals surface area contributed by atoms with Gasteiger partial charge >= 0.3 is 0 Å². The van der Waals surface area contributed by atoms with Crippen LogP contribution in [0, 0.1) is 11.8 Å². The average Bonchev–Trinajstić information content (AvgIpc) is 3.00. The summed E-state index contributed by atoms with van der Waals surface area (Å²) in [5.41, 5.74) is 1.27. The minimum atomic E-state index is 0.0359. The smallest absolute Gasteiger partial charge is 0.255 e. The summed E-state index contributed by atoms with van der Waals surface area (Å²) in [4.78, 5) is 27.5. The van der Waals surface area contributed by atoms with Crippen LogP contribution in [-0.4, -0.2) is 41.9 Å². The van der Waals surface area contributed by atoms with Gasteiger partial charge in [0.25, 0.3) is 5.91 Å². The Hall–Kier alpha value is -1.88. The molecule has 2 unspecified atom stereocenters. The largest absolute Gasteiger partial charge is 0.339 e. The fourth-order valence-corrected chi connectivity index (χ4v) is 4.97. The lowest BCUT2D eigenvalue weighted by molar-refractivity contribution is -0.117. The first-order chi connectivity index (χ1) is 13.1. The van der Waals surface area contributed by atoms with Crippen LogP contribution >= 0.6 is 0 Å². The molecule has 27 heavy (non-hydrogen) atoms. The SMILES string of the molecule is CC1CCN(C(=O)c2ccccc2NC(=O)CC2CC3CCC(C2)N3)CC1. The monoisotopic (exact) mass is 369 g/mol. The molecule has 4 rings (SSSR count). The molecule has 0 radical (unpaired) electrons. The quantitative estimate of drug-likeness (QED) is 0.855. The summed E-state index contributed by atoms with van der Waals surface area (Å²) < 4.78 is 0. The van der Waals surface area contributed by atoms with E-state index < -0.39 is 0 Å². The van der Waals surface area contributed by atoms with Crippen molar-refractivity contribution < 1.29 is 9.59 Å². The van der Waals surface area contributed by atoms with Gasteiger partial charge in [-0.1, -0.05) is 19.1 Å². The second-order valence-electron chi connectivity index (χ2n) is 8.75. The van der Waals surface area contributed by atoms with Crippen LogP contribution < -0.4 is 10.6 Å². The number of nitrogens with one attached hydrogen (secondary N) is 2. The van der Waals surface area contributed by atoms with E-state index in [-0.39, 0.29) is 11.8 Å². The summed E-state index contributed by atoms with van der Waals surface area (Å²) in [6.07, 6.45) is 7.34. The maximum atomic E-state index is 13.0. The van der Waals surface area contributed by atoms with Crippen molar-refractivity contribution in [1.29, 1.82) is 0 Å². The second kappa shape index (κ2) is 8.01. The molecule has 0 saturated carbocycles. The molecule has 3 aliphatic rings. The molecule has 0 aliphatic carbocycles. The number of anilines is 1. The molecule has 0 aromatic heterocycles. The number of rotatable bonds is 4. The minimum absolute atomic E-state index is 0.0359. The Morgan fingerprint density at radius 2 is 1.74 bits per heavy atom. The number of piperidine rings is 2. The Kier molecular flexibility index (Phi) is 5.48. The van der Waals surface area contributed by atoms with Crippen LogP contribution in [0.3, 0.4) is 0 Å². The van der Waals surface area contributed by atoms with Gasteiger partial charge in [0.05, 0.1) is 11.3 Å². The number of hydrogen-bond donors (Lipinski definition) is 2. The van der Waals surface area contributed by atoms with Gasteiger partial charge in [-0.2, -0.15) is 0 Å². The Morgan fingerprint density at radius 3 is 2.44 bits per heavy atom. The fourth-order valence-electron chi connectivity index (χ4n) is 4.97. The number of fused-ring (bicyclic) bond motifs is 2. The second-order valence-corrected chi connectivity index (χ2v) is 8.75. The van der Waals surface area contributed by atoms with Gasteiger partial charge in [0, 0.05) is 31.6 Å². The molecule has 2 bridgehead atoms. The molecule has 2 atom stereocenters. The molecule has 5 heteroatoms. The van der Waals surface area contributed by atoms with Gasteiger partial charge in [-0.3, -0.25) is 9.59 Å². The molecule has 3 saturated heterocycles. The number of benzene rings is 1. The van der Waals surface area contributed by atoms with Crippen LogP contribution in [0.25, 0.3) is 0 Å². The van der Waals surface area contributed by atoms with E-state index in [2.05, 4.69) is 17.6 Å². The summed E-state index contributed by atoms with van der Waals surface area (Å²) >= 11 is 0. The van der Waals surface area contributed by atoms with E-state index >= 15 is 0 Å². The first-order valence-corrected chi connectivity index (χ1v) is 10.5. The summed E-state index contributed by atoms with van der Waals surface area (Å²) in [7, 11) is 0. The van der Waals surface area contributed by atoms with Crippen LogP contribution in [0.2, 0.25) is 0 Å². The molecule has 2 amide bonds. The average molecular weight is 370 g/mol. The van der Waals surface area contributed by atoms with Crippen LogP contribution in [0.4, 0.5) is 5.69 Å². The summed E-state index contributed by atoms with van der Waals surface area (Å²) in [5, 5.41) is 6.65. The highest BCUT2D eigenvalue weighted by Gasteiger charge is 2.34. The van der Waals surface area contributed by atoms with Gasteiger partial charge in [-0.15, -0.1) is 0 Å². The molecule has 146 valence electrons. The normalized spacial score (nSPS) is 28.2. The highest BCUT2D eigenvalue weighted by Crippen LogP contribution is 2.33. The van der Waals surface area contributed by atoms with Crippen molar-refractivity contribution in [1.82, 2.24) is 10.2 Å². The zero-order valence-electron chi connectivity index (χ0n) is 16.2. The lowest BCUT2D eigenvalue weighted by Crippen LogP contribution is -2.39. The van der Waals surface area contributed by atoms with Gasteiger partial charge in [0.15, 0.2) is 0 Å². The molecule has 0 spiro atoms. The maximum Gasteiger partial charge on any atom is 0.255 e. The number of carbonyl (C=O) groups is 2. The van der Waals surface area contributed by atoms with E-state index in [0.717, 1.165) is 38.8 Å². The van der Waals surface area contributed by atoms with Crippen molar-refractivity contribution in [2.75, 3.05) is 18.4 Å². The van der Waals surface area contributed by atoms with Crippen molar-refractivity contribution in [3.8, 4) is 0 Å². The number of para-hydroxylation sites is 1. The first-order valence-electron chi connectivity index (χ1n) is 10.5. The summed E-state index contributed by atoms with van der Waals surface area (Å²) in [6.45, 7) is 3.85. The topological polar surface area (TPSA) is 61.4 Å². The Bertz CT molecular complexity index is 685. The van der Waals surface area contributed by atoms with Crippen LogP contribution in [0.1, 0.15) is 62.2 Å². The third-order valence-corrected chi connectivity index (χ3v) is 6.55. The Morgan fingerprint density at radius 1 is 1.07 bits per heavy atom. The minimum Gasteiger partial charge on any atom is -0.339 e. The zero-order chi connectivity index (χ0) is 18.8. The van der Waals surface area contributed by atoms with Crippen molar-refractivity contribution in [3.63, 3.8) is 0 Å². The molecule has 1 aromatic carbocycles. The number of carbonyl (C=O) groups excluding carboxylic acids is 2.